The molecule has 3 atom stereocenters. The van der Waals surface area contributed by atoms with Crippen molar-refractivity contribution >= 4 is 5.91 Å². The lowest BCUT2D eigenvalue weighted by molar-refractivity contribution is -0.133. The van der Waals surface area contributed by atoms with Gasteiger partial charge >= 0.3 is 0 Å². The van der Waals surface area contributed by atoms with Gasteiger partial charge in [0.15, 0.2) is 0 Å². The van der Waals surface area contributed by atoms with Crippen LogP contribution in [-0.2, 0) is 11.2 Å². The minimum atomic E-state index is 0.278. The maximum atomic E-state index is 11.7. The standard InChI is InChI=1S/C16H21NO/c1-12(18)17-15-7-8-16(17)11-14(10-15)9-13-5-3-2-4-6-13/h2-6,14-16H,7-11H2,1H3/t14?,15-,16?/m0/s1. The Balaban J connectivity index is 1.67. The topological polar surface area (TPSA) is 20.3 Å². The van der Waals surface area contributed by atoms with E-state index >= 15 is 0 Å². The van der Waals surface area contributed by atoms with Crippen molar-refractivity contribution in [2.75, 3.05) is 0 Å². The minimum absolute atomic E-state index is 0.278. The highest BCUT2D eigenvalue weighted by molar-refractivity contribution is 5.74. The first-order chi connectivity index (χ1) is 8.74. The lowest BCUT2D eigenvalue weighted by atomic mass is 9.86. The van der Waals surface area contributed by atoms with E-state index in [9.17, 15) is 4.79 Å². The van der Waals surface area contributed by atoms with Crippen LogP contribution in [0.2, 0.25) is 0 Å². The molecule has 0 N–H and O–H groups in total. The van der Waals surface area contributed by atoms with Gasteiger partial charge in [-0.05, 0) is 43.6 Å². The van der Waals surface area contributed by atoms with E-state index in [-0.39, 0.29) is 5.91 Å². The van der Waals surface area contributed by atoms with Crippen molar-refractivity contribution in [2.45, 2.75) is 51.1 Å². The van der Waals surface area contributed by atoms with E-state index in [2.05, 4.69) is 35.2 Å². The monoisotopic (exact) mass is 243 g/mol. The average molecular weight is 243 g/mol. The molecule has 1 aromatic rings. The summed E-state index contributed by atoms with van der Waals surface area (Å²) < 4.78 is 0. The molecule has 0 spiro atoms. The number of fused-ring (bicyclic) bond motifs is 2. The van der Waals surface area contributed by atoms with Crippen molar-refractivity contribution in [1.82, 2.24) is 4.90 Å². The maximum absolute atomic E-state index is 11.7. The molecule has 2 aliphatic rings. The summed E-state index contributed by atoms with van der Waals surface area (Å²) in [7, 11) is 0. The highest BCUT2D eigenvalue weighted by Gasteiger charge is 2.41. The molecule has 2 nitrogen and oxygen atoms in total. The van der Waals surface area contributed by atoms with E-state index in [1.807, 2.05) is 0 Å². The summed E-state index contributed by atoms with van der Waals surface area (Å²) in [6.45, 7) is 1.73. The van der Waals surface area contributed by atoms with Gasteiger partial charge in [0.25, 0.3) is 0 Å². The molecule has 96 valence electrons. The van der Waals surface area contributed by atoms with Crippen LogP contribution in [0.15, 0.2) is 30.3 Å². The second-order valence-electron chi connectivity index (χ2n) is 5.84. The first kappa shape index (κ1) is 11.8. The second kappa shape index (κ2) is 4.75. The average Bonchev–Trinajstić information content (AvgIpc) is 2.63. The SMILES string of the molecule is CC(=O)N1C2CC[C@H]1CC(Cc1ccccc1)C2. The van der Waals surface area contributed by atoms with E-state index in [4.69, 9.17) is 0 Å². The van der Waals surface area contributed by atoms with Crippen molar-refractivity contribution in [3.05, 3.63) is 35.9 Å². The zero-order valence-corrected chi connectivity index (χ0v) is 11.0. The smallest absolute Gasteiger partial charge is 0.219 e. The fourth-order valence-electron chi connectivity index (χ4n) is 3.92. The fraction of sp³-hybridized carbons (Fsp3) is 0.562. The molecular formula is C16H21NO. The molecule has 2 unspecified atom stereocenters. The molecule has 2 saturated heterocycles. The van der Waals surface area contributed by atoms with Crippen LogP contribution in [0.25, 0.3) is 0 Å². The zero-order chi connectivity index (χ0) is 12.5. The fourth-order valence-corrected chi connectivity index (χ4v) is 3.92. The van der Waals surface area contributed by atoms with Crippen LogP contribution in [0.1, 0.15) is 38.2 Å². The van der Waals surface area contributed by atoms with Crippen LogP contribution in [0.3, 0.4) is 0 Å². The Bertz CT molecular complexity index is 414. The summed E-state index contributed by atoms with van der Waals surface area (Å²) in [6.07, 6.45) is 6.01. The van der Waals surface area contributed by atoms with Gasteiger partial charge < -0.3 is 4.90 Å². The normalized spacial score (nSPS) is 30.5. The third-order valence-corrected chi connectivity index (χ3v) is 4.56. The summed E-state index contributed by atoms with van der Waals surface area (Å²) in [4.78, 5) is 13.8. The summed E-state index contributed by atoms with van der Waals surface area (Å²) in [5.41, 5.74) is 1.44. The van der Waals surface area contributed by atoms with Gasteiger partial charge in [0.05, 0.1) is 0 Å². The molecule has 2 fully saturated rings. The number of piperidine rings is 1. The molecule has 0 aromatic heterocycles. The summed E-state index contributed by atoms with van der Waals surface area (Å²) >= 11 is 0. The molecule has 18 heavy (non-hydrogen) atoms. The number of benzene rings is 1. The number of rotatable bonds is 2. The van der Waals surface area contributed by atoms with Crippen LogP contribution in [-0.4, -0.2) is 22.9 Å². The number of carbonyl (C=O) groups excluding carboxylic acids is 1. The Morgan fingerprint density at radius 3 is 2.33 bits per heavy atom. The molecule has 0 aliphatic carbocycles. The highest BCUT2D eigenvalue weighted by atomic mass is 16.2. The van der Waals surface area contributed by atoms with E-state index in [0.29, 0.717) is 12.1 Å². The molecule has 0 radical (unpaired) electrons. The molecule has 2 heterocycles. The zero-order valence-electron chi connectivity index (χ0n) is 11.0. The Morgan fingerprint density at radius 1 is 1.17 bits per heavy atom. The van der Waals surface area contributed by atoms with Gasteiger partial charge in [0, 0.05) is 19.0 Å². The van der Waals surface area contributed by atoms with Crippen molar-refractivity contribution in [1.29, 1.82) is 0 Å². The minimum Gasteiger partial charge on any atom is -0.337 e. The number of hydrogen-bond donors (Lipinski definition) is 0. The molecule has 2 aliphatic heterocycles. The van der Waals surface area contributed by atoms with Gasteiger partial charge in [0.2, 0.25) is 5.91 Å². The lowest BCUT2D eigenvalue weighted by Gasteiger charge is -2.38. The van der Waals surface area contributed by atoms with Crippen LogP contribution in [0.5, 0.6) is 0 Å². The third-order valence-electron chi connectivity index (χ3n) is 4.56. The van der Waals surface area contributed by atoms with Crippen molar-refractivity contribution in [2.24, 2.45) is 5.92 Å². The van der Waals surface area contributed by atoms with Crippen LogP contribution in [0.4, 0.5) is 0 Å². The molecule has 2 heteroatoms. The first-order valence-electron chi connectivity index (χ1n) is 7.07. The number of amides is 1. The predicted molar refractivity (Wildman–Crippen MR) is 72.2 cm³/mol. The van der Waals surface area contributed by atoms with Gasteiger partial charge in [-0.1, -0.05) is 30.3 Å². The van der Waals surface area contributed by atoms with E-state index in [0.717, 1.165) is 5.92 Å². The molecule has 2 bridgehead atoms. The van der Waals surface area contributed by atoms with Crippen LogP contribution in [0, 0.1) is 5.92 Å². The second-order valence-corrected chi connectivity index (χ2v) is 5.84. The number of carbonyl (C=O) groups is 1. The van der Waals surface area contributed by atoms with Crippen LogP contribution >= 0.6 is 0 Å². The first-order valence-corrected chi connectivity index (χ1v) is 7.07. The summed E-state index contributed by atoms with van der Waals surface area (Å²) in [5.74, 6) is 1.04. The molecular weight excluding hydrogens is 222 g/mol. The van der Waals surface area contributed by atoms with Crippen molar-refractivity contribution in [3.63, 3.8) is 0 Å². The summed E-state index contributed by atoms with van der Waals surface area (Å²) in [6, 6.07) is 11.8. The van der Waals surface area contributed by atoms with Crippen molar-refractivity contribution in [3.8, 4) is 0 Å². The van der Waals surface area contributed by atoms with Crippen molar-refractivity contribution < 1.29 is 4.79 Å². The Hall–Kier alpha value is -1.31. The maximum Gasteiger partial charge on any atom is 0.219 e. The third kappa shape index (κ3) is 2.16. The quantitative estimate of drug-likeness (QED) is 0.782. The molecule has 1 aromatic carbocycles. The van der Waals surface area contributed by atoms with Gasteiger partial charge in [-0.3, -0.25) is 4.79 Å². The highest BCUT2D eigenvalue weighted by Crippen LogP contribution is 2.39. The Morgan fingerprint density at radius 2 is 1.78 bits per heavy atom. The lowest BCUT2D eigenvalue weighted by Crippen LogP contribution is -2.45. The summed E-state index contributed by atoms with van der Waals surface area (Å²) in [5, 5.41) is 0. The molecule has 1 amide bonds. The van der Waals surface area contributed by atoms with E-state index in [1.54, 1.807) is 6.92 Å². The predicted octanol–water partition coefficient (Wildman–Crippen LogP) is 3.02. The number of hydrogen-bond acceptors (Lipinski definition) is 1. The van der Waals surface area contributed by atoms with Gasteiger partial charge in [0.1, 0.15) is 0 Å². The Labute approximate surface area is 109 Å². The van der Waals surface area contributed by atoms with Gasteiger partial charge in [-0.25, -0.2) is 0 Å². The largest absolute Gasteiger partial charge is 0.337 e. The van der Waals surface area contributed by atoms with E-state index < -0.39 is 0 Å². The molecule has 0 saturated carbocycles. The number of nitrogens with zero attached hydrogens (tertiary/aromatic N) is 1. The molecule has 3 rings (SSSR count). The van der Waals surface area contributed by atoms with E-state index in [1.165, 1.54) is 37.7 Å². The Kier molecular flexibility index (Phi) is 3.11. The van der Waals surface area contributed by atoms with Gasteiger partial charge in [-0.15, -0.1) is 0 Å². The van der Waals surface area contributed by atoms with Gasteiger partial charge in [-0.2, -0.15) is 0 Å². The van der Waals surface area contributed by atoms with Crippen LogP contribution < -0.4 is 0 Å².